The van der Waals surface area contributed by atoms with Gasteiger partial charge in [-0.3, -0.25) is 4.79 Å². The summed E-state index contributed by atoms with van der Waals surface area (Å²) < 4.78 is 46.1. The Labute approximate surface area is 101 Å². The van der Waals surface area contributed by atoms with E-state index in [1.807, 2.05) is 0 Å². The lowest BCUT2D eigenvalue weighted by molar-refractivity contribution is -0.142. The fourth-order valence-corrected chi connectivity index (χ4v) is 1.32. The van der Waals surface area contributed by atoms with Crippen LogP contribution in [0.5, 0.6) is 5.75 Å². The lowest BCUT2D eigenvalue weighted by Crippen LogP contribution is -2.10. The lowest BCUT2D eigenvalue weighted by atomic mass is 10.1. The van der Waals surface area contributed by atoms with Crippen LogP contribution in [0.15, 0.2) is 12.1 Å². The summed E-state index contributed by atoms with van der Waals surface area (Å²) >= 11 is 0. The van der Waals surface area contributed by atoms with Crippen molar-refractivity contribution in [1.29, 1.82) is 0 Å². The van der Waals surface area contributed by atoms with Crippen LogP contribution >= 0.6 is 0 Å². The standard InChI is InChI=1S/C11H12F3NO3/c1-2-17-9(16)5-6-3-7(12)10(15)8(4-6)18-11(13)14/h3-4,11H,2,5,15H2,1H3. The first-order valence-corrected chi connectivity index (χ1v) is 5.12. The summed E-state index contributed by atoms with van der Waals surface area (Å²) in [5.41, 5.74) is 4.86. The monoisotopic (exact) mass is 263 g/mol. The van der Waals surface area contributed by atoms with E-state index in [0.29, 0.717) is 0 Å². The minimum Gasteiger partial charge on any atom is -0.466 e. The van der Waals surface area contributed by atoms with Gasteiger partial charge in [-0.05, 0) is 24.6 Å². The predicted octanol–water partition coefficient (Wildman–Crippen LogP) is 2.11. The van der Waals surface area contributed by atoms with Gasteiger partial charge < -0.3 is 15.2 Å². The Hall–Kier alpha value is -1.92. The molecule has 1 rings (SSSR count). The highest BCUT2D eigenvalue weighted by Crippen LogP contribution is 2.28. The zero-order chi connectivity index (χ0) is 13.7. The normalized spacial score (nSPS) is 10.5. The van der Waals surface area contributed by atoms with Crippen LogP contribution in [0.1, 0.15) is 12.5 Å². The van der Waals surface area contributed by atoms with E-state index in [-0.39, 0.29) is 18.6 Å². The minimum atomic E-state index is -3.12. The largest absolute Gasteiger partial charge is 0.466 e. The maximum Gasteiger partial charge on any atom is 0.387 e. The van der Waals surface area contributed by atoms with Gasteiger partial charge >= 0.3 is 12.6 Å². The molecule has 0 saturated heterocycles. The summed E-state index contributed by atoms with van der Waals surface area (Å²) in [6, 6.07) is 2.06. The van der Waals surface area contributed by atoms with Gasteiger partial charge in [0.1, 0.15) is 11.5 Å². The van der Waals surface area contributed by atoms with Crippen molar-refractivity contribution in [2.24, 2.45) is 0 Å². The molecule has 1 aromatic rings. The summed E-state index contributed by atoms with van der Waals surface area (Å²) in [5.74, 6) is -2.01. The second kappa shape index (κ2) is 6.13. The third-order valence-corrected chi connectivity index (χ3v) is 2.02. The summed E-state index contributed by atoms with van der Waals surface area (Å²) in [4.78, 5) is 11.2. The first kappa shape index (κ1) is 14.1. The number of nitrogen functional groups attached to an aromatic ring is 1. The van der Waals surface area contributed by atoms with Crippen LogP contribution in [0.25, 0.3) is 0 Å². The molecule has 0 saturated carbocycles. The van der Waals surface area contributed by atoms with Crippen molar-refractivity contribution >= 4 is 11.7 Å². The molecular formula is C11H12F3NO3. The Morgan fingerprint density at radius 1 is 1.44 bits per heavy atom. The fourth-order valence-electron chi connectivity index (χ4n) is 1.32. The van der Waals surface area contributed by atoms with E-state index in [4.69, 9.17) is 5.73 Å². The van der Waals surface area contributed by atoms with Crippen LogP contribution < -0.4 is 10.5 Å². The molecule has 0 bridgehead atoms. The van der Waals surface area contributed by atoms with E-state index < -0.39 is 29.8 Å². The number of ether oxygens (including phenoxy) is 2. The van der Waals surface area contributed by atoms with Crippen molar-refractivity contribution in [3.63, 3.8) is 0 Å². The third kappa shape index (κ3) is 3.83. The SMILES string of the molecule is CCOC(=O)Cc1cc(F)c(N)c(OC(F)F)c1. The molecule has 0 aliphatic rings. The van der Waals surface area contributed by atoms with E-state index in [0.717, 1.165) is 12.1 Å². The van der Waals surface area contributed by atoms with Crippen LogP contribution in [0.2, 0.25) is 0 Å². The average Bonchev–Trinajstić information content (AvgIpc) is 2.24. The van der Waals surface area contributed by atoms with E-state index in [9.17, 15) is 18.0 Å². The van der Waals surface area contributed by atoms with Crippen molar-refractivity contribution in [2.45, 2.75) is 20.0 Å². The number of hydrogen-bond donors (Lipinski definition) is 1. The van der Waals surface area contributed by atoms with Gasteiger partial charge in [-0.1, -0.05) is 0 Å². The van der Waals surface area contributed by atoms with Gasteiger partial charge in [-0.2, -0.15) is 8.78 Å². The Morgan fingerprint density at radius 2 is 2.11 bits per heavy atom. The Morgan fingerprint density at radius 3 is 2.67 bits per heavy atom. The first-order chi connectivity index (χ1) is 8.43. The predicted molar refractivity (Wildman–Crippen MR) is 57.8 cm³/mol. The molecule has 0 spiro atoms. The van der Waals surface area contributed by atoms with Crippen LogP contribution in [-0.2, 0) is 16.0 Å². The van der Waals surface area contributed by atoms with Crippen molar-refractivity contribution < 1.29 is 27.4 Å². The van der Waals surface area contributed by atoms with Crippen LogP contribution in [-0.4, -0.2) is 19.2 Å². The average molecular weight is 263 g/mol. The number of hydrogen-bond acceptors (Lipinski definition) is 4. The van der Waals surface area contributed by atoms with Crippen molar-refractivity contribution in [3.05, 3.63) is 23.5 Å². The number of carbonyl (C=O) groups excluding carboxylic acids is 1. The second-order valence-corrected chi connectivity index (χ2v) is 3.35. The molecule has 0 unspecified atom stereocenters. The van der Waals surface area contributed by atoms with Gasteiger partial charge in [0.25, 0.3) is 0 Å². The quantitative estimate of drug-likeness (QED) is 0.653. The molecule has 0 radical (unpaired) electrons. The molecule has 1 aromatic carbocycles. The molecule has 4 nitrogen and oxygen atoms in total. The number of rotatable bonds is 5. The van der Waals surface area contributed by atoms with Crippen LogP contribution in [0.4, 0.5) is 18.9 Å². The van der Waals surface area contributed by atoms with Crippen LogP contribution in [0, 0.1) is 5.82 Å². The van der Waals surface area contributed by atoms with Gasteiger partial charge in [0.05, 0.1) is 13.0 Å². The Bertz CT molecular complexity index is 438. The number of nitrogens with two attached hydrogens (primary N) is 1. The number of benzene rings is 1. The Kier molecular flexibility index (Phi) is 4.82. The molecule has 2 N–H and O–H groups in total. The first-order valence-electron chi connectivity index (χ1n) is 5.12. The van der Waals surface area contributed by atoms with Gasteiger partial charge in [-0.25, -0.2) is 4.39 Å². The van der Waals surface area contributed by atoms with E-state index >= 15 is 0 Å². The summed E-state index contributed by atoms with van der Waals surface area (Å²) in [6.07, 6.45) is -0.245. The molecule has 0 aromatic heterocycles. The maximum absolute atomic E-state index is 13.3. The molecule has 0 aliphatic carbocycles. The topological polar surface area (TPSA) is 61.5 Å². The highest BCUT2D eigenvalue weighted by molar-refractivity contribution is 5.73. The molecule has 0 aliphatic heterocycles. The molecule has 0 atom stereocenters. The number of carbonyl (C=O) groups is 1. The van der Waals surface area contributed by atoms with Gasteiger partial charge in [0.15, 0.2) is 5.75 Å². The summed E-state index contributed by atoms with van der Waals surface area (Å²) in [7, 11) is 0. The van der Waals surface area contributed by atoms with Gasteiger partial charge in [-0.15, -0.1) is 0 Å². The zero-order valence-electron chi connectivity index (χ0n) is 9.58. The highest BCUT2D eigenvalue weighted by Gasteiger charge is 2.15. The molecule has 7 heteroatoms. The number of esters is 1. The second-order valence-electron chi connectivity index (χ2n) is 3.35. The van der Waals surface area contributed by atoms with Gasteiger partial charge in [0.2, 0.25) is 0 Å². The van der Waals surface area contributed by atoms with E-state index in [2.05, 4.69) is 9.47 Å². The van der Waals surface area contributed by atoms with Crippen molar-refractivity contribution in [2.75, 3.05) is 12.3 Å². The smallest absolute Gasteiger partial charge is 0.387 e. The highest BCUT2D eigenvalue weighted by atomic mass is 19.3. The molecule has 0 heterocycles. The summed E-state index contributed by atoms with van der Waals surface area (Å²) in [6.45, 7) is -1.33. The van der Waals surface area contributed by atoms with Crippen LogP contribution in [0.3, 0.4) is 0 Å². The van der Waals surface area contributed by atoms with E-state index in [1.165, 1.54) is 0 Å². The van der Waals surface area contributed by atoms with Crippen molar-refractivity contribution in [3.8, 4) is 5.75 Å². The third-order valence-electron chi connectivity index (χ3n) is 2.02. The molecule has 0 fully saturated rings. The maximum atomic E-state index is 13.3. The molecule has 0 amide bonds. The Balaban J connectivity index is 2.93. The molecule has 100 valence electrons. The molecular weight excluding hydrogens is 251 g/mol. The lowest BCUT2D eigenvalue weighted by Gasteiger charge is -2.10. The zero-order valence-corrected chi connectivity index (χ0v) is 9.58. The number of alkyl halides is 2. The minimum absolute atomic E-state index is 0.149. The molecule has 18 heavy (non-hydrogen) atoms. The fraction of sp³-hybridized carbons (Fsp3) is 0.364. The number of halogens is 3. The van der Waals surface area contributed by atoms with E-state index in [1.54, 1.807) is 6.92 Å². The summed E-state index contributed by atoms with van der Waals surface area (Å²) in [5, 5.41) is 0. The number of anilines is 1. The van der Waals surface area contributed by atoms with Gasteiger partial charge in [0, 0.05) is 0 Å². The van der Waals surface area contributed by atoms with Crippen molar-refractivity contribution in [1.82, 2.24) is 0 Å².